The maximum absolute atomic E-state index is 6.21. The van der Waals surface area contributed by atoms with Gasteiger partial charge < -0.3 is 14.8 Å². The fourth-order valence-electron chi connectivity index (χ4n) is 3.21. The normalized spacial score (nSPS) is 23.2. The van der Waals surface area contributed by atoms with Crippen LogP contribution in [0.4, 0.5) is 0 Å². The molecule has 1 aromatic carbocycles. The van der Waals surface area contributed by atoms with Crippen LogP contribution in [0.1, 0.15) is 44.7 Å². The van der Waals surface area contributed by atoms with Crippen molar-refractivity contribution in [2.24, 2.45) is 5.92 Å². The molecular weight excluding hydrogens is 286 g/mol. The number of hydrogen-bond acceptors (Lipinski definition) is 3. The molecule has 3 nitrogen and oxygen atoms in total. The van der Waals surface area contributed by atoms with Crippen molar-refractivity contribution in [3.8, 4) is 5.75 Å². The second-order valence-electron chi connectivity index (χ2n) is 5.59. The Balaban J connectivity index is 2.33. The molecule has 0 aromatic heterocycles. The highest BCUT2D eigenvalue weighted by Gasteiger charge is 2.35. The minimum absolute atomic E-state index is 0.228. The van der Waals surface area contributed by atoms with Gasteiger partial charge in [-0.1, -0.05) is 25.4 Å². The van der Waals surface area contributed by atoms with Crippen LogP contribution in [0.3, 0.4) is 0 Å². The Labute approximate surface area is 133 Å². The average molecular weight is 312 g/mol. The fourth-order valence-corrected chi connectivity index (χ4v) is 3.39. The summed E-state index contributed by atoms with van der Waals surface area (Å²) in [6.45, 7) is 6.19. The van der Waals surface area contributed by atoms with E-state index in [4.69, 9.17) is 21.1 Å². The smallest absolute Gasteiger partial charge is 0.123 e. The maximum Gasteiger partial charge on any atom is 0.123 e. The summed E-state index contributed by atoms with van der Waals surface area (Å²) in [7, 11) is 1.71. The van der Waals surface area contributed by atoms with Gasteiger partial charge in [-0.15, -0.1) is 0 Å². The molecule has 0 bridgehead atoms. The number of rotatable bonds is 7. The lowest BCUT2D eigenvalue weighted by Crippen LogP contribution is -2.33. The average Bonchev–Trinajstić information content (AvgIpc) is 2.96. The monoisotopic (exact) mass is 311 g/mol. The van der Waals surface area contributed by atoms with Crippen molar-refractivity contribution in [2.75, 3.05) is 20.3 Å². The predicted octanol–water partition coefficient (Wildman–Crippen LogP) is 4.20. The van der Waals surface area contributed by atoms with Gasteiger partial charge in [-0.2, -0.15) is 0 Å². The van der Waals surface area contributed by atoms with Crippen LogP contribution in [0, 0.1) is 5.92 Å². The van der Waals surface area contributed by atoms with Gasteiger partial charge in [-0.25, -0.2) is 0 Å². The highest BCUT2D eigenvalue weighted by atomic mass is 35.5. The lowest BCUT2D eigenvalue weighted by Gasteiger charge is -2.29. The Morgan fingerprint density at radius 2 is 2.24 bits per heavy atom. The second-order valence-corrected chi connectivity index (χ2v) is 6.02. The zero-order valence-corrected chi connectivity index (χ0v) is 14.0. The standard InChI is InChI=1S/C17H26ClNO2/c1-4-9-19-17(13-8-10-21-15(13)5-2)14-11-12(18)6-7-16(14)20-3/h6-7,11,13,15,17,19H,4-5,8-10H2,1-3H3. The van der Waals surface area contributed by atoms with Crippen molar-refractivity contribution in [2.45, 2.75) is 45.3 Å². The van der Waals surface area contributed by atoms with Crippen LogP contribution < -0.4 is 10.1 Å². The molecule has 1 heterocycles. The van der Waals surface area contributed by atoms with Crippen LogP contribution in [0.2, 0.25) is 5.02 Å². The molecule has 1 aromatic rings. The molecule has 1 aliphatic heterocycles. The number of ether oxygens (including phenoxy) is 2. The molecule has 3 atom stereocenters. The van der Waals surface area contributed by atoms with Crippen LogP contribution in [-0.4, -0.2) is 26.4 Å². The van der Waals surface area contributed by atoms with E-state index in [9.17, 15) is 0 Å². The molecule has 0 amide bonds. The van der Waals surface area contributed by atoms with Crippen LogP contribution in [0.5, 0.6) is 5.75 Å². The van der Waals surface area contributed by atoms with Crippen LogP contribution in [-0.2, 0) is 4.74 Å². The first-order valence-corrected chi connectivity index (χ1v) is 8.27. The molecule has 3 unspecified atom stereocenters. The molecule has 0 spiro atoms. The zero-order valence-electron chi connectivity index (χ0n) is 13.2. The third-order valence-corrected chi connectivity index (χ3v) is 4.47. The fraction of sp³-hybridized carbons (Fsp3) is 0.647. The molecule has 1 saturated heterocycles. The summed E-state index contributed by atoms with van der Waals surface area (Å²) in [5, 5.41) is 4.43. The molecule has 0 radical (unpaired) electrons. The van der Waals surface area contributed by atoms with Gasteiger partial charge in [-0.3, -0.25) is 0 Å². The molecule has 2 rings (SSSR count). The zero-order chi connectivity index (χ0) is 15.2. The Morgan fingerprint density at radius 1 is 1.43 bits per heavy atom. The van der Waals surface area contributed by atoms with Crippen LogP contribution >= 0.6 is 11.6 Å². The first-order valence-electron chi connectivity index (χ1n) is 7.89. The maximum atomic E-state index is 6.21. The molecule has 21 heavy (non-hydrogen) atoms. The molecule has 4 heteroatoms. The predicted molar refractivity (Wildman–Crippen MR) is 87.2 cm³/mol. The Kier molecular flexibility index (Phi) is 6.34. The van der Waals surface area contributed by atoms with Crippen LogP contribution in [0.15, 0.2) is 18.2 Å². The summed E-state index contributed by atoms with van der Waals surface area (Å²) < 4.78 is 11.4. The van der Waals surface area contributed by atoms with Gasteiger partial charge >= 0.3 is 0 Å². The highest BCUT2D eigenvalue weighted by Crippen LogP contribution is 2.39. The lowest BCUT2D eigenvalue weighted by molar-refractivity contribution is 0.0771. The number of nitrogens with one attached hydrogen (secondary N) is 1. The molecular formula is C17H26ClNO2. The Morgan fingerprint density at radius 3 is 2.90 bits per heavy atom. The summed E-state index contributed by atoms with van der Waals surface area (Å²) >= 11 is 6.21. The second kappa shape index (κ2) is 8.02. The summed E-state index contributed by atoms with van der Waals surface area (Å²) in [6.07, 6.45) is 3.53. The van der Waals surface area contributed by atoms with E-state index in [2.05, 4.69) is 19.2 Å². The number of benzene rings is 1. The lowest BCUT2D eigenvalue weighted by atomic mass is 9.86. The number of halogens is 1. The number of hydrogen-bond donors (Lipinski definition) is 1. The van der Waals surface area contributed by atoms with Gasteiger partial charge in [0.15, 0.2) is 0 Å². The van der Waals surface area contributed by atoms with Crippen molar-refractivity contribution in [1.29, 1.82) is 0 Å². The minimum atomic E-state index is 0.228. The SMILES string of the molecule is CCCNC(c1cc(Cl)ccc1OC)C1CCOC1CC. The first kappa shape index (κ1) is 16.6. The summed E-state index contributed by atoms with van der Waals surface area (Å²) in [5.41, 5.74) is 1.15. The summed E-state index contributed by atoms with van der Waals surface area (Å²) in [4.78, 5) is 0. The minimum Gasteiger partial charge on any atom is -0.496 e. The molecule has 118 valence electrons. The summed E-state index contributed by atoms with van der Waals surface area (Å²) in [6, 6.07) is 6.09. The van der Waals surface area contributed by atoms with Crippen molar-refractivity contribution >= 4 is 11.6 Å². The molecule has 1 fully saturated rings. The van der Waals surface area contributed by atoms with Gasteiger partial charge in [-0.05, 0) is 44.0 Å². The van der Waals surface area contributed by atoms with E-state index in [1.54, 1.807) is 7.11 Å². The highest BCUT2D eigenvalue weighted by molar-refractivity contribution is 6.30. The van der Waals surface area contributed by atoms with E-state index >= 15 is 0 Å². The van der Waals surface area contributed by atoms with E-state index < -0.39 is 0 Å². The summed E-state index contributed by atoms with van der Waals surface area (Å²) in [5.74, 6) is 1.36. The van der Waals surface area contributed by atoms with Crippen molar-refractivity contribution in [3.05, 3.63) is 28.8 Å². The molecule has 1 N–H and O–H groups in total. The molecule has 0 saturated carbocycles. The van der Waals surface area contributed by atoms with Crippen LogP contribution in [0.25, 0.3) is 0 Å². The van der Waals surface area contributed by atoms with E-state index in [0.717, 1.165) is 48.7 Å². The Hall–Kier alpha value is -0.770. The molecule has 1 aliphatic rings. The van der Waals surface area contributed by atoms with Gasteiger partial charge in [0, 0.05) is 29.2 Å². The van der Waals surface area contributed by atoms with Crippen molar-refractivity contribution < 1.29 is 9.47 Å². The van der Waals surface area contributed by atoms with E-state index in [1.807, 2.05) is 18.2 Å². The van der Waals surface area contributed by atoms with E-state index in [-0.39, 0.29) is 6.04 Å². The topological polar surface area (TPSA) is 30.5 Å². The van der Waals surface area contributed by atoms with Crippen molar-refractivity contribution in [3.63, 3.8) is 0 Å². The quantitative estimate of drug-likeness (QED) is 0.818. The largest absolute Gasteiger partial charge is 0.496 e. The Bertz CT molecular complexity index is 452. The van der Waals surface area contributed by atoms with E-state index in [0.29, 0.717) is 12.0 Å². The van der Waals surface area contributed by atoms with Gasteiger partial charge in [0.05, 0.1) is 13.2 Å². The van der Waals surface area contributed by atoms with Gasteiger partial charge in [0.1, 0.15) is 5.75 Å². The third kappa shape index (κ3) is 3.91. The number of methoxy groups -OCH3 is 1. The first-order chi connectivity index (χ1) is 10.2. The molecule has 0 aliphatic carbocycles. The van der Waals surface area contributed by atoms with Gasteiger partial charge in [0.25, 0.3) is 0 Å². The van der Waals surface area contributed by atoms with Gasteiger partial charge in [0.2, 0.25) is 0 Å². The van der Waals surface area contributed by atoms with Crippen molar-refractivity contribution in [1.82, 2.24) is 5.32 Å². The third-order valence-electron chi connectivity index (χ3n) is 4.23. The van der Waals surface area contributed by atoms with E-state index in [1.165, 1.54) is 0 Å².